The van der Waals surface area contributed by atoms with Crippen molar-refractivity contribution >= 4 is 33.0 Å². The highest BCUT2D eigenvalue weighted by Crippen LogP contribution is 2.25. The van der Waals surface area contributed by atoms with E-state index in [1.165, 1.54) is 10.3 Å². The van der Waals surface area contributed by atoms with Crippen molar-refractivity contribution in [1.29, 1.82) is 0 Å². The Balaban J connectivity index is 2.02. The van der Waals surface area contributed by atoms with Gasteiger partial charge < -0.3 is 4.90 Å². The van der Waals surface area contributed by atoms with Gasteiger partial charge in [0.05, 0.1) is 11.8 Å². The number of nitrogens with zero attached hydrogens (tertiary/aromatic N) is 1. The van der Waals surface area contributed by atoms with Crippen molar-refractivity contribution in [3.05, 3.63) is 76.7 Å². The Kier molecular flexibility index (Phi) is 4.24. The van der Waals surface area contributed by atoms with Gasteiger partial charge in [0.15, 0.2) is 9.84 Å². The fourth-order valence-corrected chi connectivity index (χ4v) is 3.99. The molecule has 6 heteroatoms. The van der Waals surface area contributed by atoms with Crippen LogP contribution in [0, 0.1) is 0 Å². The van der Waals surface area contributed by atoms with Crippen LogP contribution in [0.1, 0.15) is 10.4 Å². The molecule has 118 valence electrons. The molecule has 0 radical (unpaired) electrons. The van der Waals surface area contributed by atoms with E-state index in [1.807, 2.05) is 6.07 Å². The van der Waals surface area contributed by atoms with E-state index in [0.717, 1.165) is 0 Å². The minimum atomic E-state index is -3.27. The van der Waals surface area contributed by atoms with Gasteiger partial charge in [-0.05, 0) is 36.4 Å². The maximum Gasteiger partial charge on any atom is 0.258 e. The molecule has 1 aliphatic heterocycles. The van der Waals surface area contributed by atoms with Crippen LogP contribution in [0.25, 0.3) is 0 Å². The summed E-state index contributed by atoms with van der Waals surface area (Å²) in [5, 5.41) is 1.62. The fourth-order valence-electron chi connectivity index (χ4n) is 2.53. The van der Waals surface area contributed by atoms with E-state index in [-0.39, 0.29) is 11.7 Å². The predicted octanol–water partition coefficient (Wildman–Crippen LogP) is 3.30. The topological polar surface area (TPSA) is 54.5 Å². The van der Waals surface area contributed by atoms with Gasteiger partial charge >= 0.3 is 0 Å². The summed E-state index contributed by atoms with van der Waals surface area (Å²) < 4.78 is 23.5. The molecule has 0 saturated heterocycles. The third-order valence-corrected chi connectivity index (χ3v) is 5.18. The number of halogens is 1. The highest BCUT2D eigenvalue weighted by molar-refractivity contribution is 7.94. The van der Waals surface area contributed by atoms with Crippen LogP contribution in [-0.2, 0) is 9.84 Å². The van der Waals surface area contributed by atoms with Gasteiger partial charge in [0.25, 0.3) is 5.91 Å². The van der Waals surface area contributed by atoms with E-state index in [2.05, 4.69) is 0 Å². The van der Waals surface area contributed by atoms with Crippen LogP contribution in [0.5, 0.6) is 0 Å². The molecular weight excluding hydrogens is 334 g/mol. The minimum absolute atomic E-state index is 0.117. The zero-order valence-electron chi connectivity index (χ0n) is 12.1. The number of carbonyl (C=O) groups excluding carboxylic acids is 1. The summed E-state index contributed by atoms with van der Waals surface area (Å²) in [4.78, 5) is 14.4. The Morgan fingerprint density at radius 3 is 2.43 bits per heavy atom. The number of hydrogen-bond donors (Lipinski definition) is 0. The second-order valence-electron chi connectivity index (χ2n) is 5.25. The summed E-state index contributed by atoms with van der Waals surface area (Å²) in [5.41, 5.74) is 1.06. The highest BCUT2D eigenvalue weighted by atomic mass is 35.5. The van der Waals surface area contributed by atoms with Crippen LogP contribution in [0.15, 0.2) is 66.1 Å². The van der Waals surface area contributed by atoms with Crippen LogP contribution < -0.4 is 4.90 Å². The summed E-state index contributed by atoms with van der Waals surface area (Å²) in [6.45, 7) is 0. The molecule has 23 heavy (non-hydrogen) atoms. The summed E-state index contributed by atoms with van der Waals surface area (Å²) in [7, 11) is -3.27. The molecule has 0 unspecified atom stereocenters. The molecule has 0 N–H and O–H groups in total. The lowest BCUT2D eigenvalue weighted by Crippen LogP contribution is -2.41. The van der Waals surface area contributed by atoms with Crippen LogP contribution in [0.4, 0.5) is 5.69 Å². The number of amides is 1. The number of para-hydroxylation sites is 1. The molecule has 1 aliphatic rings. The lowest BCUT2D eigenvalue weighted by Gasteiger charge is -2.27. The average Bonchev–Trinajstić information content (AvgIpc) is 2.88. The Hall–Kier alpha value is -2.11. The molecule has 0 bridgehead atoms. The largest absolute Gasteiger partial charge is 0.300 e. The smallest absolute Gasteiger partial charge is 0.258 e. The third kappa shape index (κ3) is 3.46. The Bertz CT molecular complexity index is 862. The summed E-state index contributed by atoms with van der Waals surface area (Å²) >= 11 is 5.96. The van der Waals surface area contributed by atoms with Gasteiger partial charge in [-0.2, -0.15) is 0 Å². The molecular formula is C17H14ClNO3S. The van der Waals surface area contributed by atoms with Crippen molar-refractivity contribution in [1.82, 2.24) is 0 Å². The third-order valence-electron chi connectivity index (χ3n) is 3.57. The number of sulfone groups is 1. The molecule has 4 nitrogen and oxygen atoms in total. The molecule has 1 atom stereocenters. The number of rotatable bonds is 3. The number of carbonyl (C=O) groups is 1. The van der Waals surface area contributed by atoms with Gasteiger partial charge in [-0.25, -0.2) is 8.42 Å². The molecule has 2 aromatic carbocycles. The van der Waals surface area contributed by atoms with Gasteiger partial charge in [-0.1, -0.05) is 35.9 Å². The first-order valence-corrected chi connectivity index (χ1v) is 9.11. The number of benzene rings is 2. The number of anilines is 1. The van der Waals surface area contributed by atoms with E-state index in [4.69, 9.17) is 11.6 Å². The molecule has 2 aromatic rings. The van der Waals surface area contributed by atoms with Crippen LogP contribution in [0.2, 0.25) is 5.02 Å². The van der Waals surface area contributed by atoms with Crippen molar-refractivity contribution in [2.45, 2.75) is 6.04 Å². The first kappa shape index (κ1) is 15.8. The van der Waals surface area contributed by atoms with Gasteiger partial charge in [0, 0.05) is 21.7 Å². The zero-order chi connectivity index (χ0) is 16.4. The van der Waals surface area contributed by atoms with Crippen molar-refractivity contribution in [3.63, 3.8) is 0 Å². The normalized spacial score (nSPS) is 18.7. The lowest BCUT2D eigenvalue weighted by molar-refractivity contribution is 0.0983. The van der Waals surface area contributed by atoms with E-state index in [0.29, 0.717) is 16.3 Å². The van der Waals surface area contributed by atoms with Crippen molar-refractivity contribution in [2.24, 2.45) is 0 Å². The second-order valence-corrected chi connectivity index (χ2v) is 7.61. The first-order valence-electron chi connectivity index (χ1n) is 7.01. The molecule has 0 spiro atoms. The molecule has 0 saturated carbocycles. The second kappa shape index (κ2) is 6.18. The molecule has 0 aromatic heterocycles. The van der Waals surface area contributed by atoms with E-state index >= 15 is 0 Å². The van der Waals surface area contributed by atoms with Gasteiger partial charge in [-0.15, -0.1) is 0 Å². The average molecular weight is 348 g/mol. The Morgan fingerprint density at radius 1 is 1.09 bits per heavy atom. The van der Waals surface area contributed by atoms with Crippen molar-refractivity contribution in [3.8, 4) is 0 Å². The molecule has 1 amide bonds. The van der Waals surface area contributed by atoms with Crippen molar-refractivity contribution < 1.29 is 13.2 Å². The summed E-state index contributed by atoms with van der Waals surface area (Å²) in [5.74, 6) is -0.403. The van der Waals surface area contributed by atoms with Crippen LogP contribution in [-0.4, -0.2) is 26.1 Å². The van der Waals surface area contributed by atoms with E-state index in [9.17, 15) is 13.2 Å². The van der Waals surface area contributed by atoms with E-state index in [1.54, 1.807) is 54.6 Å². The van der Waals surface area contributed by atoms with Gasteiger partial charge in [0.2, 0.25) is 0 Å². The molecule has 0 fully saturated rings. The van der Waals surface area contributed by atoms with Crippen LogP contribution >= 0.6 is 11.6 Å². The summed E-state index contributed by atoms with van der Waals surface area (Å²) in [6.07, 6.45) is 1.55. The summed E-state index contributed by atoms with van der Waals surface area (Å²) in [6, 6.07) is 15.1. The van der Waals surface area contributed by atoms with Crippen molar-refractivity contribution in [2.75, 3.05) is 10.7 Å². The highest BCUT2D eigenvalue weighted by Gasteiger charge is 2.31. The molecule has 3 rings (SSSR count). The fraction of sp³-hybridized carbons (Fsp3) is 0.118. The standard InChI is InChI=1S/C17H14ClNO3S/c18-14-6-4-5-13(11-14)17(20)19(15-7-2-1-3-8-15)16-9-10-23(21,22)12-16/h1-11,16H,12H2/t16-/m0/s1. The Labute approximate surface area is 139 Å². The Morgan fingerprint density at radius 2 is 1.83 bits per heavy atom. The molecule has 0 aliphatic carbocycles. The lowest BCUT2D eigenvalue weighted by atomic mass is 10.1. The maximum absolute atomic E-state index is 12.9. The van der Waals surface area contributed by atoms with Gasteiger partial charge in [-0.3, -0.25) is 4.79 Å². The van der Waals surface area contributed by atoms with Gasteiger partial charge in [0.1, 0.15) is 0 Å². The first-order chi connectivity index (χ1) is 11.0. The quantitative estimate of drug-likeness (QED) is 0.856. The van der Waals surface area contributed by atoms with Crippen LogP contribution in [0.3, 0.4) is 0 Å². The minimum Gasteiger partial charge on any atom is -0.300 e. The number of hydrogen-bond acceptors (Lipinski definition) is 3. The maximum atomic E-state index is 12.9. The molecule has 1 heterocycles. The SMILES string of the molecule is O=C(c1cccc(Cl)c1)N(c1ccccc1)[C@H]1C=CS(=O)(=O)C1. The zero-order valence-corrected chi connectivity index (χ0v) is 13.7. The van der Waals surface area contributed by atoms with E-state index < -0.39 is 15.9 Å². The monoisotopic (exact) mass is 347 g/mol. The predicted molar refractivity (Wildman–Crippen MR) is 91.4 cm³/mol.